The van der Waals surface area contributed by atoms with Crippen LogP contribution in [-0.2, 0) is 4.79 Å². The van der Waals surface area contributed by atoms with Crippen molar-refractivity contribution in [3.05, 3.63) is 28.2 Å². The molecule has 0 saturated carbocycles. The van der Waals surface area contributed by atoms with Crippen molar-refractivity contribution in [1.82, 2.24) is 9.80 Å². The van der Waals surface area contributed by atoms with Gasteiger partial charge in [-0.2, -0.15) is 0 Å². The van der Waals surface area contributed by atoms with Gasteiger partial charge in [0, 0.05) is 42.5 Å². The molecule has 2 rings (SSSR count). The summed E-state index contributed by atoms with van der Waals surface area (Å²) in [5.74, 6) is 0.0519. The molecular weight excluding hydrogens is 340 g/mol. The van der Waals surface area contributed by atoms with E-state index in [1.54, 1.807) is 22.8 Å². The molecule has 1 aliphatic heterocycles. The monoisotopic (exact) mass is 356 g/mol. The highest BCUT2D eigenvalue weighted by Gasteiger charge is 2.22. The fraction of sp³-hybridized carbons (Fsp3) is 0.429. The first-order chi connectivity index (χ1) is 9.49. The predicted molar refractivity (Wildman–Crippen MR) is 84.2 cm³/mol. The summed E-state index contributed by atoms with van der Waals surface area (Å²) >= 11 is 7.68. The van der Waals surface area contributed by atoms with Crippen molar-refractivity contribution in [2.24, 2.45) is 0 Å². The van der Waals surface area contributed by atoms with Gasteiger partial charge in [-0.05, 0) is 40.5 Å². The molecule has 1 aromatic rings. The average Bonchev–Trinajstić information content (AvgIpc) is 2.66. The highest BCUT2D eigenvalue weighted by Crippen LogP contribution is 2.22. The number of benzene rings is 1. The summed E-state index contributed by atoms with van der Waals surface area (Å²) in [7, 11) is 0. The van der Waals surface area contributed by atoms with Crippen LogP contribution in [0, 0.1) is 0 Å². The van der Waals surface area contributed by atoms with E-state index >= 15 is 0 Å². The van der Waals surface area contributed by atoms with Gasteiger partial charge >= 0.3 is 0 Å². The summed E-state index contributed by atoms with van der Waals surface area (Å²) in [5.41, 5.74) is 0.619. The van der Waals surface area contributed by atoms with Crippen LogP contribution >= 0.6 is 28.6 Å². The van der Waals surface area contributed by atoms with Crippen molar-refractivity contribution in [3.63, 3.8) is 0 Å². The molecule has 2 amide bonds. The molecule has 1 heterocycles. The molecule has 1 fully saturated rings. The third kappa shape index (κ3) is 3.55. The minimum Gasteiger partial charge on any atom is -0.341 e. The number of amides is 2. The minimum absolute atomic E-state index is 0.0156. The van der Waals surface area contributed by atoms with Gasteiger partial charge in [-0.3, -0.25) is 9.59 Å². The Balaban J connectivity index is 2.13. The first-order valence-electron chi connectivity index (χ1n) is 6.52. The number of carbonyl (C=O) groups excluding carboxylic acids is 2. The third-order valence-electron chi connectivity index (χ3n) is 3.41. The number of halogens is 1. The lowest BCUT2D eigenvalue weighted by Crippen LogP contribution is -2.36. The van der Waals surface area contributed by atoms with Crippen molar-refractivity contribution in [1.29, 1.82) is 0 Å². The van der Waals surface area contributed by atoms with Crippen molar-refractivity contribution in [3.8, 4) is 0 Å². The molecule has 1 aromatic carbocycles. The molecule has 108 valence electrons. The van der Waals surface area contributed by atoms with E-state index in [-0.39, 0.29) is 11.8 Å². The van der Waals surface area contributed by atoms with E-state index in [1.807, 2.05) is 12.1 Å². The Morgan fingerprint density at radius 3 is 2.50 bits per heavy atom. The zero-order chi connectivity index (χ0) is 14.7. The Hall–Kier alpha value is -1.01. The Bertz CT molecular complexity index is 536. The van der Waals surface area contributed by atoms with Gasteiger partial charge in [0.1, 0.15) is 0 Å². The Morgan fingerprint density at radius 1 is 1.15 bits per heavy atom. The van der Waals surface area contributed by atoms with E-state index in [9.17, 15) is 9.59 Å². The lowest BCUT2D eigenvalue weighted by atomic mass is 10.2. The normalized spacial score (nSPS) is 15.9. The second-order valence-corrected chi connectivity index (χ2v) is 6.19. The lowest BCUT2D eigenvalue weighted by molar-refractivity contribution is -0.128. The summed E-state index contributed by atoms with van der Waals surface area (Å²) in [6, 6.07) is 5.43. The van der Waals surface area contributed by atoms with E-state index in [2.05, 4.69) is 28.6 Å². The molecule has 0 atom stereocenters. The van der Waals surface area contributed by atoms with Crippen LogP contribution in [0.3, 0.4) is 0 Å². The first kappa shape index (κ1) is 15.4. The van der Waals surface area contributed by atoms with Crippen LogP contribution in [0.4, 0.5) is 0 Å². The quantitative estimate of drug-likeness (QED) is 0.785. The van der Waals surface area contributed by atoms with Gasteiger partial charge in [0.25, 0.3) is 5.91 Å². The van der Waals surface area contributed by atoms with Gasteiger partial charge in [-0.25, -0.2) is 0 Å². The molecule has 4 nitrogen and oxygen atoms in total. The Labute approximate surface area is 132 Å². The maximum absolute atomic E-state index is 12.6. The topological polar surface area (TPSA) is 40.6 Å². The van der Waals surface area contributed by atoms with Gasteiger partial charge in [-0.1, -0.05) is 0 Å². The molecule has 1 saturated heterocycles. The van der Waals surface area contributed by atoms with Gasteiger partial charge in [0.05, 0.1) is 5.56 Å². The number of thiol groups is 1. The number of hydrogen-bond acceptors (Lipinski definition) is 3. The number of nitrogens with zero attached hydrogens (tertiary/aromatic N) is 2. The molecule has 0 aliphatic carbocycles. The average molecular weight is 357 g/mol. The number of hydrogen-bond donors (Lipinski definition) is 1. The summed E-state index contributed by atoms with van der Waals surface area (Å²) in [6.45, 7) is 4.12. The molecular formula is C14H17BrN2O2S. The van der Waals surface area contributed by atoms with E-state index in [0.29, 0.717) is 31.7 Å². The van der Waals surface area contributed by atoms with Crippen LogP contribution in [0.1, 0.15) is 23.7 Å². The van der Waals surface area contributed by atoms with E-state index < -0.39 is 0 Å². The van der Waals surface area contributed by atoms with Crippen molar-refractivity contribution < 1.29 is 9.59 Å². The standard InChI is InChI=1S/C14H17BrN2O2S/c1-10(18)16-5-2-6-17(8-7-16)14(19)12-9-11(20)3-4-13(12)15/h3-4,9,20H,2,5-8H2,1H3. The molecule has 20 heavy (non-hydrogen) atoms. The fourth-order valence-corrected chi connectivity index (χ4v) is 2.90. The second kappa shape index (κ2) is 6.63. The van der Waals surface area contributed by atoms with Gasteiger partial charge in [0.2, 0.25) is 5.91 Å². The Morgan fingerprint density at radius 2 is 1.80 bits per heavy atom. The molecule has 0 aromatic heterocycles. The van der Waals surface area contributed by atoms with Crippen LogP contribution < -0.4 is 0 Å². The van der Waals surface area contributed by atoms with Gasteiger partial charge in [-0.15, -0.1) is 12.6 Å². The van der Waals surface area contributed by atoms with Crippen molar-refractivity contribution >= 4 is 40.4 Å². The minimum atomic E-state index is -0.0156. The predicted octanol–water partition coefficient (Wildman–Crippen LogP) is 2.43. The SMILES string of the molecule is CC(=O)N1CCCN(C(=O)c2cc(S)ccc2Br)CC1. The van der Waals surface area contributed by atoms with Crippen molar-refractivity contribution in [2.45, 2.75) is 18.2 Å². The number of carbonyl (C=O) groups is 2. The van der Waals surface area contributed by atoms with E-state index in [0.717, 1.165) is 15.8 Å². The van der Waals surface area contributed by atoms with Crippen LogP contribution in [0.5, 0.6) is 0 Å². The zero-order valence-electron chi connectivity index (χ0n) is 11.3. The fourth-order valence-electron chi connectivity index (χ4n) is 2.28. The molecule has 0 bridgehead atoms. The van der Waals surface area contributed by atoms with Crippen LogP contribution in [0.25, 0.3) is 0 Å². The van der Waals surface area contributed by atoms with Gasteiger partial charge < -0.3 is 9.80 Å². The maximum atomic E-state index is 12.6. The smallest absolute Gasteiger partial charge is 0.255 e. The Kier molecular flexibility index (Phi) is 5.10. The zero-order valence-corrected chi connectivity index (χ0v) is 13.8. The van der Waals surface area contributed by atoms with Crippen LogP contribution in [0.2, 0.25) is 0 Å². The molecule has 0 N–H and O–H groups in total. The van der Waals surface area contributed by atoms with Gasteiger partial charge in [0.15, 0.2) is 0 Å². The van der Waals surface area contributed by atoms with Crippen LogP contribution in [-0.4, -0.2) is 47.8 Å². The largest absolute Gasteiger partial charge is 0.341 e. The molecule has 0 spiro atoms. The first-order valence-corrected chi connectivity index (χ1v) is 7.76. The third-order valence-corrected chi connectivity index (χ3v) is 4.38. The number of rotatable bonds is 1. The molecule has 1 aliphatic rings. The molecule has 0 radical (unpaired) electrons. The van der Waals surface area contributed by atoms with Crippen molar-refractivity contribution in [2.75, 3.05) is 26.2 Å². The molecule has 0 unspecified atom stereocenters. The second-order valence-electron chi connectivity index (χ2n) is 4.82. The molecule has 6 heteroatoms. The van der Waals surface area contributed by atoms with Crippen LogP contribution in [0.15, 0.2) is 27.6 Å². The summed E-state index contributed by atoms with van der Waals surface area (Å²) < 4.78 is 0.771. The lowest BCUT2D eigenvalue weighted by Gasteiger charge is -2.22. The summed E-state index contributed by atoms with van der Waals surface area (Å²) in [4.78, 5) is 28.3. The highest BCUT2D eigenvalue weighted by molar-refractivity contribution is 9.10. The summed E-state index contributed by atoms with van der Waals surface area (Å²) in [5, 5.41) is 0. The highest BCUT2D eigenvalue weighted by atomic mass is 79.9. The van der Waals surface area contributed by atoms with E-state index in [4.69, 9.17) is 0 Å². The van der Waals surface area contributed by atoms with E-state index in [1.165, 1.54) is 0 Å². The summed E-state index contributed by atoms with van der Waals surface area (Å²) in [6.07, 6.45) is 0.809. The maximum Gasteiger partial charge on any atom is 0.255 e.